The molecule has 0 saturated carbocycles. The summed E-state index contributed by atoms with van der Waals surface area (Å²) in [4.78, 5) is 18.5. The van der Waals surface area contributed by atoms with Crippen molar-refractivity contribution >= 4 is 11.8 Å². The third kappa shape index (κ3) is 4.15. The van der Waals surface area contributed by atoms with E-state index in [4.69, 9.17) is 0 Å². The molecule has 2 aromatic rings. The van der Waals surface area contributed by atoms with Crippen molar-refractivity contribution < 1.29 is 4.39 Å². The molecule has 1 unspecified atom stereocenters. The van der Waals surface area contributed by atoms with Crippen LogP contribution >= 0.6 is 11.8 Å². The van der Waals surface area contributed by atoms with Gasteiger partial charge >= 0.3 is 0 Å². The fraction of sp³-hybridized carbons (Fsp3) is 0.333. The minimum Gasteiger partial charge on any atom is -0.310 e. The summed E-state index contributed by atoms with van der Waals surface area (Å²) in [7, 11) is 0. The van der Waals surface area contributed by atoms with Crippen molar-refractivity contribution in [3.8, 4) is 0 Å². The highest BCUT2D eigenvalue weighted by atomic mass is 32.2. The molecule has 6 heteroatoms. The Morgan fingerprint density at radius 2 is 2.24 bits per heavy atom. The maximum Gasteiger partial charge on any atom is 0.251 e. The van der Waals surface area contributed by atoms with E-state index in [1.165, 1.54) is 18.3 Å². The molecule has 0 aliphatic rings. The molecule has 0 saturated heterocycles. The average Bonchev–Trinajstić information content (AvgIpc) is 2.47. The van der Waals surface area contributed by atoms with Gasteiger partial charge in [0.05, 0.1) is 4.90 Å². The lowest BCUT2D eigenvalue weighted by Crippen LogP contribution is -2.20. The van der Waals surface area contributed by atoms with Crippen LogP contribution in [0.2, 0.25) is 0 Å². The van der Waals surface area contributed by atoms with Crippen molar-refractivity contribution in [1.82, 2.24) is 15.3 Å². The molecule has 1 aromatic carbocycles. The number of hydrogen-bond donors (Lipinski definition) is 2. The second-order valence-corrected chi connectivity index (χ2v) is 5.67. The summed E-state index contributed by atoms with van der Waals surface area (Å²) in [5, 5.41) is 3.73. The number of H-pyrrole nitrogens is 1. The maximum atomic E-state index is 14.2. The molecule has 0 radical (unpaired) electrons. The van der Waals surface area contributed by atoms with E-state index in [0.717, 1.165) is 30.3 Å². The second kappa shape index (κ2) is 7.38. The van der Waals surface area contributed by atoms with Gasteiger partial charge in [-0.25, -0.2) is 9.37 Å². The smallest absolute Gasteiger partial charge is 0.251 e. The van der Waals surface area contributed by atoms with E-state index < -0.39 is 0 Å². The van der Waals surface area contributed by atoms with Crippen molar-refractivity contribution in [2.45, 2.75) is 36.4 Å². The summed E-state index contributed by atoms with van der Waals surface area (Å²) in [6, 6.07) is 6.36. The summed E-state index contributed by atoms with van der Waals surface area (Å²) in [5.41, 5.74) is 0.613. The summed E-state index contributed by atoms with van der Waals surface area (Å²) in [5.74, 6) is -0.311. The zero-order valence-electron chi connectivity index (χ0n) is 12.0. The van der Waals surface area contributed by atoms with Gasteiger partial charge in [0.15, 0.2) is 5.16 Å². The zero-order valence-corrected chi connectivity index (χ0v) is 12.8. The highest BCUT2D eigenvalue weighted by Crippen LogP contribution is 2.33. The van der Waals surface area contributed by atoms with Crippen molar-refractivity contribution in [1.29, 1.82) is 0 Å². The Balaban J connectivity index is 2.31. The van der Waals surface area contributed by atoms with Gasteiger partial charge in [-0.15, -0.1) is 0 Å². The molecular weight excluding hydrogens is 289 g/mol. The van der Waals surface area contributed by atoms with Crippen LogP contribution < -0.4 is 10.9 Å². The van der Waals surface area contributed by atoms with Gasteiger partial charge in [-0.2, -0.15) is 0 Å². The summed E-state index contributed by atoms with van der Waals surface area (Å²) < 4.78 is 14.2. The Morgan fingerprint density at radius 1 is 1.43 bits per heavy atom. The number of benzene rings is 1. The third-order valence-corrected chi connectivity index (χ3v) is 4.05. The van der Waals surface area contributed by atoms with Crippen LogP contribution in [-0.2, 0) is 0 Å². The van der Waals surface area contributed by atoms with Gasteiger partial charge in [-0.05, 0) is 43.3 Å². The fourth-order valence-corrected chi connectivity index (χ4v) is 2.93. The molecule has 1 heterocycles. The molecule has 4 nitrogen and oxygen atoms in total. The number of aromatic nitrogens is 2. The number of hydrogen-bond acceptors (Lipinski definition) is 4. The Labute approximate surface area is 127 Å². The molecule has 2 rings (SSSR count). The van der Waals surface area contributed by atoms with Crippen LogP contribution in [0.3, 0.4) is 0 Å². The average molecular weight is 307 g/mol. The largest absolute Gasteiger partial charge is 0.310 e. The van der Waals surface area contributed by atoms with E-state index in [1.807, 2.05) is 13.0 Å². The van der Waals surface area contributed by atoms with E-state index in [0.29, 0.717) is 10.1 Å². The van der Waals surface area contributed by atoms with Crippen LogP contribution in [0.25, 0.3) is 0 Å². The van der Waals surface area contributed by atoms with E-state index >= 15 is 0 Å². The normalized spacial score (nSPS) is 12.3. The first-order chi connectivity index (χ1) is 10.1. The molecule has 21 heavy (non-hydrogen) atoms. The van der Waals surface area contributed by atoms with Gasteiger partial charge in [0, 0.05) is 18.3 Å². The molecule has 112 valence electrons. The van der Waals surface area contributed by atoms with Crippen LogP contribution in [0.5, 0.6) is 0 Å². The molecule has 0 amide bonds. The number of rotatable bonds is 6. The molecular formula is C15H18FN3OS. The van der Waals surface area contributed by atoms with Gasteiger partial charge in [0.25, 0.3) is 5.56 Å². The fourth-order valence-electron chi connectivity index (χ4n) is 1.95. The first-order valence-corrected chi connectivity index (χ1v) is 7.68. The quantitative estimate of drug-likeness (QED) is 0.805. The molecule has 2 N–H and O–H groups in total. The lowest BCUT2D eigenvalue weighted by atomic mass is 10.1. The SMILES string of the molecule is CCCNC(C)c1cccc(F)c1Sc1nccc(=O)[nH]1. The Morgan fingerprint density at radius 3 is 2.95 bits per heavy atom. The van der Waals surface area contributed by atoms with E-state index in [9.17, 15) is 9.18 Å². The summed E-state index contributed by atoms with van der Waals surface area (Å²) in [6.45, 7) is 4.94. The van der Waals surface area contributed by atoms with Crippen LogP contribution in [0, 0.1) is 5.82 Å². The Hall–Kier alpha value is -1.66. The third-order valence-electron chi connectivity index (χ3n) is 3.01. The predicted octanol–water partition coefficient (Wildman–Crippen LogP) is 3.12. The summed E-state index contributed by atoms with van der Waals surface area (Å²) in [6.07, 6.45) is 2.43. The van der Waals surface area contributed by atoms with E-state index in [2.05, 4.69) is 22.2 Å². The summed E-state index contributed by atoms with van der Waals surface area (Å²) >= 11 is 1.14. The number of nitrogens with one attached hydrogen (secondary N) is 2. The number of nitrogens with zero attached hydrogens (tertiary/aromatic N) is 1. The topological polar surface area (TPSA) is 57.8 Å². The van der Waals surface area contributed by atoms with Gasteiger partial charge in [-0.1, -0.05) is 19.1 Å². The molecule has 0 fully saturated rings. The zero-order chi connectivity index (χ0) is 15.2. The van der Waals surface area contributed by atoms with Crippen LogP contribution in [0.4, 0.5) is 4.39 Å². The van der Waals surface area contributed by atoms with Gasteiger partial charge in [0.1, 0.15) is 5.82 Å². The Bertz CT molecular complexity index is 659. The minimum atomic E-state index is -0.311. The van der Waals surface area contributed by atoms with Crippen LogP contribution in [-0.4, -0.2) is 16.5 Å². The van der Waals surface area contributed by atoms with Crippen molar-refractivity contribution in [2.24, 2.45) is 0 Å². The predicted molar refractivity (Wildman–Crippen MR) is 82.1 cm³/mol. The van der Waals surface area contributed by atoms with Crippen LogP contribution in [0.15, 0.2) is 45.3 Å². The first kappa shape index (κ1) is 15.7. The standard InChI is InChI=1S/C15H18FN3OS/c1-3-8-17-10(2)11-5-4-6-12(16)14(11)21-15-18-9-7-13(20)19-15/h4-7,9-10,17H,3,8H2,1-2H3,(H,18,19,20). The van der Waals surface area contributed by atoms with E-state index in [1.54, 1.807) is 6.07 Å². The van der Waals surface area contributed by atoms with Gasteiger partial charge in [-0.3, -0.25) is 4.79 Å². The van der Waals surface area contributed by atoms with Gasteiger partial charge in [0.2, 0.25) is 0 Å². The minimum absolute atomic E-state index is 0.0265. The second-order valence-electron chi connectivity index (χ2n) is 4.68. The van der Waals surface area contributed by atoms with Crippen molar-refractivity contribution in [3.05, 3.63) is 52.2 Å². The molecule has 0 spiro atoms. The Kier molecular flexibility index (Phi) is 5.52. The lowest BCUT2D eigenvalue weighted by molar-refractivity contribution is 0.543. The molecule has 0 bridgehead atoms. The lowest BCUT2D eigenvalue weighted by Gasteiger charge is -2.17. The molecule has 0 aliphatic carbocycles. The molecule has 1 atom stereocenters. The highest BCUT2D eigenvalue weighted by Gasteiger charge is 2.15. The first-order valence-electron chi connectivity index (χ1n) is 6.86. The van der Waals surface area contributed by atoms with Crippen molar-refractivity contribution in [3.63, 3.8) is 0 Å². The highest BCUT2D eigenvalue weighted by molar-refractivity contribution is 7.99. The monoisotopic (exact) mass is 307 g/mol. The van der Waals surface area contributed by atoms with Crippen LogP contribution in [0.1, 0.15) is 31.9 Å². The number of halogens is 1. The number of aromatic amines is 1. The van der Waals surface area contributed by atoms with E-state index in [-0.39, 0.29) is 17.4 Å². The van der Waals surface area contributed by atoms with Gasteiger partial charge < -0.3 is 10.3 Å². The maximum absolute atomic E-state index is 14.2. The van der Waals surface area contributed by atoms with Crippen molar-refractivity contribution in [2.75, 3.05) is 6.54 Å². The molecule has 0 aliphatic heterocycles. The molecule has 1 aromatic heterocycles.